The lowest BCUT2D eigenvalue weighted by Crippen LogP contribution is -2.37. The summed E-state index contributed by atoms with van der Waals surface area (Å²) in [5.74, 6) is -3.59. The first-order chi connectivity index (χ1) is 24.1. The van der Waals surface area contributed by atoms with Gasteiger partial charge >= 0.3 is 6.03 Å². The number of hydrogen-bond donors (Lipinski definition) is 4. The number of nitrogens with one attached hydrogen (secondary N) is 3. The number of sulfonamides is 1. The number of methoxy groups -OCH3 is 1. The standard InChI is InChI=1S/C34H31F3N6O6S/c1-48-27-18-21(28-29(36)25(35)19-26(30(28)37)42-50(46,47)23-5-3-2-4-6-23)17-24-31(27)40-32(41-33(24)43-12-15-49-16-13-43)20-7-9-22(10-8-20)39-34(45)38-11-14-44/h2-10,17-19,42,44H,11-16H2,1H3,(H2,38,39,45). The second-order valence-corrected chi connectivity index (χ2v) is 12.7. The summed E-state index contributed by atoms with van der Waals surface area (Å²) < 4.78 is 85.8. The molecule has 6 rings (SSSR count). The Morgan fingerprint density at radius 3 is 2.36 bits per heavy atom. The monoisotopic (exact) mass is 708 g/mol. The Labute approximate surface area is 284 Å². The van der Waals surface area contributed by atoms with Gasteiger partial charge in [0.05, 0.1) is 43.1 Å². The van der Waals surface area contributed by atoms with Crippen molar-refractivity contribution in [2.45, 2.75) is 4.90 Å². The third kappa shape index (κ3) is 7.12. The number of morpholine rings is 1. The molecule has 0 radical (unpaired) electrons. The molecule has 16 heteroatoms. The highest BCUT2D eigenvalue weighted by molar-refractivity contribution is 7.92. The number of amides is 2. The lowest BCUT2D eigenvalue weighted by atomic mass is 10.00. The number of hydrogen-bond acceptors (Lipinski definition) is 9. The molecule has 0 atom stereocenters. The minimum Gasteiger partial charge on any atom is -0.494 e. The van der Waals surface area contributed by atoms with Gasteiger partial charge in [0.2, 0.25) is 0 Å². The number of halogens is 3. The van der Waals surface area contributed by atoms with Gasteiger partial charge in [0.15, 0.2) is 23.3 Å². The van der Waals surface area contributed by atoms with E-state index >= 15 is 13.2 Å². The first kappa shape index (κ1) is 34.4. The van der Waals surface area contributed by atoms with Gasteiger partial charge in [-0.15, -0.1) is 0 Å². The van der Waals surface area contributed by atoms with Crippen molar-refractivity contribution in [3.63, 3.8) is 0 Å². The van der Waals surface area contributed by atoms with E-state index in [-0.39, 0.29) is 40.7 Å². The molecule has 50 heavy (non-hydrogen) atoms. The number of aromatic nitrogens is 2. The van der Waals surface area contributed by atoms with E-state index in [1.807, 2.05) is 9.62 Å². The molecule has 0 saturated carbocycles. The number of carbonyl (C=O) groups excluding carboxylic acids is 1. The van der Waals surface area contributed by atoms with Crippen LogP contribution in [0.5, 0.6) is 5.75 Å². The van der Waals surface area contributed by atoms with Crippen LogP contribution in [0.15, 0.2) is 77.7 Å². The number of nitrogens with zero attached hydrogens (tertiary/aromatic N) is 3. The van der Waals surface area contributed by atoms with Crippen LogP contribution in [0, 0.1) is 17.5 Å². The van der Waals surface area contributed by atoms with Gasteiger partial charge in [-0.3, -0.25) is 4.72 Å². The Kier molecular flexibility index (Phi) is 10.0. The van der Waals surface area contributed by atoms with Crippen LogP contribution in [-0.2, 0) is 14.8 Å². The average Bonchev–Trinajstić information content (AvgIpc) is 3.13. The van der Waals surface area contributed by atoms with Crippen molar-refractivity contribution in [3.8, 4) is 28.3 Å². The average molecular weight is 709 g/mol. The van der Waals surface area contributed by atoms with Crippen molar-refractivity contribution < 1.29 is 41.0 Å². The molecular weight excluding hydrogens is 677 g/mol. The Hall–Kier alpha value is -5.45. The summed E-state index contributed by atoms with van der Waals surface area (Å²) in [7, 11) is -3.01. The van der Waals surface area contributed by atoms with E-state index in [0.29, 0.717) is 54.8 Å². The van der Waals surface area contributed by atoms with Gasteiger partial charge in [0.25, 0.3) is 10.0 Å². The van der Waals surface area contributed by atoms with Crippen molar-refractivity contribution >= 4 is 44.1 Å². The van der Waals surface area contributed by atoms with E-state index in [9.17, 15) is 13.2 Å². The van der Waals surface area contributed by atoms with Crippen LogP contribution in [0.25, 0.3) is 33.4 Å². The van der Waals surface area contributed by atoms with Crippen molar-refractivity contribution in [1.29, 1.82) is 0 Å². The number of aliphatic hydroxyl groups is 1. The Bertz CT molecular complexity index is 2150. The summed E-state index contributed by atoms with van der Waals surface area (Å²) in [4.78, 5) is 23.3. The fraction of sp³-hybridized carbons (Fsp3) is 0.206. The van der Waals surface area contributed by atoms with E-state index in [1.165, 1.54) is 43.5 Å². The molecule has 0 unspecified atom stereocenters. The number of rotatable bonds is 10. The fourth-order valence-corrected chi connectivity index (χ4v) is 6.48. The zero-order valence-electron chi connectivity index (χ0n) is 26.5. The van der Waals surface area contributed by atoms with Crippen molar-refractivity contribution in [1.82, 2.24) is 15.3 Å². The zero-order valence-corrected chi connectivity index (χ0v) is 27.4. The van der Waals surface area contributed by atoms with Crippen LogP contribution < -0.4 is 25.0 Å². The molecule has 260 valence electrons. The maximum atomic E-state index is 16.1. The molecule has 0 aliphatic carbocycles. The number of carbonyl (C=O) groups is 1. The largest absolute Gasteiger partial charge is 0.494 e. The third-order valence-corrected chi connectivity index (χ3v) is 9.20. The predicted octanol–water partition coefficient (Wildman–Crippen LogP) is 5.14. The van der Waals surface area contributed by atoms with E-state index in [0.717, 1.165) is 0 Å². The van der Waals surface area contributed by atoms with Gasteiger partial charge in [0.1, 0.15) is 17.1 Å². The number of urea groups is 1. The Balaban J connectivity index is 1.46. The summed E-state index contributed by atoms with van der Waals surface area (Å²) in [6.07, 6.45) is 0. The smallest absolute Gasteiger partial charge is 0.319 e. The molecule has 4 N–H and O–H groups in total. The minimum absolute atomic E-state index is 0.0870. The molecular formula is C34H31F3N6O6S. The van der Waals surface area contributed by atoms with Gasteiger partial charge in [-0.25, -0.2) is 36.4 Å². The number of benzene rings is 4. The Morgan fingerprint density at radius 2 is 1.68 bits per heavy atom. The highest BCUT2D eigenvalue weighted by Crippen LogP contribution is 2.41. The van der Waals surface area contributed by atoms with Crippen LogP contribution in [-0.4, -0.2) is 76.1 Å². The van der Waals surface area contributed by atoms with E-state index in [2.05, 4.69) is 10.6 Å². The van der Waals surface area contributed by atoms with Gasteiger partial charge in [-0.1, -0.05) is 18.2 Å². The number of anilines is 3. The molecule has 0 spiro atoms. The topological polar surface area (TPSA) is 155 Å². The van der Waals surface area contributed by atoms with Crippen LogP contribution >= 0.6 is 0 Å². The molecule has 5 aromatic rings. The molecule has 4 aromatic carbocycles. The van der Waals surface area contributed by atoms with E-state index in [4.69, 9.17) is 24.5 Å². The van der Waals surface area contributed by atoms with Gasteiger partial charge in [-0.2, -0.15) is 0 Å². The fourth-order valence-electron chi connectivity index (χ4n) is 5.41. The highest BCUT2D eigenvalue weighted by Gasteiger charge is 2.27. The maximum absolute atomic E-state index is 16.1. The summed E-state index contributed by atoms with van der Waals surface area (Å²) in [6, 6.07) is 16.4. The first-order valence-corrected chi connectivity index (χ1v) is 16.8. The summed E-state index contributed by atoms with van der Waals surface area (Å²) in [5, 5.41) is 14.4. The molecule has 1 aliphatic heterocycles. The van der Waals surface area contributed by atoms with Gasteiger partial charge in [0, 0.05) is 42.3 Å². The number of aliphatic hydroxyl groups excluding tert-OH is 1. The van der Waals surface area contributed by atoms with Crippen molar-refractivity contribution in [3.05, 3.63) is 90.2 Å². The number of ether oxygens (including phenoxy) is 2. The highest BCUT2D eigenvalue weighted by atomic mass is 32.2. The van der Waals surface area contributed by atoms with Crippen LogP contribution in [0.2, 0.25) is 0 Å². The first-order valence-electron chi connectivity index (χ1n) is 15.3. The molecule has 2 amide bonds. The van der Waals surface area contributed by atoms with Crippen LogP contribution in [0.3, 0.4) is 0 Å². The predicted molar refractivity (Wildman–Crippen MR) is 181 cm³/mol. The molecule has 2 heterocycles. The van der Waals surface area contributed by atoms with E-state index in [1.54, 1.807) is 30.3 Å². The normalized spacial score (nSPS) is 13.3. The SMILES string of the molecule is COc1cc(-c2c(F)c(F)cc(NS(=O)(=O)c3ccccc3)c2F)cc2c(N3CCOCC3)nc(-c3ccc(NC(=O)NCCO)cc3)nc12. The third-order valence-electron chi connectivity index (χ3n) is 7.82. The molecule has 0 bridgehead atoms. The summed E-state index contributed by atoms with van der Waals surface area (Å²) >= 11 is 0. The summed E-state index contributed by atoms with van der Waals surface area (Å²) in [6.45, 7) is 1.51. The van der Waals surface area contributed by atoms with Crippen LogP contribution in [0.1, 0.15) is 0 Å². The second-order valence-electron chi connectivity index (χ2n) is 11.1. The lowest BCUT2D eigenvalue weighted by molar-refractivity contribution is 0.122. The van der Waals surface area contributed by atoms with Crippen molar-refractivity contribution in [2.75, 3.05) is 61.5 Å². The Morgan fingerprint density at radius 1 is 0.960 bits per heavy atom. The number of fused-ring (bicyclic) bond motifs is 1. The molecule has 1 saturated heterocycles. The molecule has 1 fully saturated rings. The van der Waals surface area contributed by atoms with E-state index < -0.39 is 44.8 Å². The maximum Gasteiger partial charge on any atom is 0.319 e. The second kappa shape index (κ2) is 14.6. The van der Waals surface area contributed by atoms with Gasteiger partial charge < -0.3 is 30.1 Å². The molecule has 1 aliphatic rings. The minimum atomic E-state index is -4.35. The van der Waals surface area contributed by atoms with Gasteiger partial charge in [-0.05, 0) is 54.1 Å². The molecule has 1 aromatic heterocycles. The quantitative estimate of drug-likeness (QED) is 0.144. The van der Waals surface area contributed by atoms with Crippen molar-refractivity contribution in [2.24, 2.45) is 0 Å². The summed E-state index contributed by atoms with van der Waals surface area (Å²) in [5.41, 5.74) is -0.415. The zero-order chi connectivity index (χ0) is 35.4. The van der Waals surface area contributed by atoms with Crippen LogP contribution in [0.4, 0.5) is 35.2 Å². The molecule has 12 nitrogen and oxygen atoms in total. The lowest BCUT2D eigenvalue weighted by Gasteiger charge is -2.29.